The van der Waals surface area contributed by atoms with Gasteiger partial charge in [0, 0.05) is 17.1 Å². The van der Waals surface area contributed by atoms with Crippen molar-refractivity contribution in [3.63, 3.8) is 0 Å². The maximum absolute atomic E-state index is 6.04. The summed E-state index contributed by atoms with van der Waals surface area (Å²) in [5.41, 5.74) is 9.16. The van der Waals surface area contributed by atoms with Crippen LogP contribution in [0, 0.1) is 12.3 Å². The Bertz CT molecular complexity index is 432. The summed E-state index contributed by atoms with van der Waals surface area (Å²) >= 11 is 3.57. The Kier molecular flexibility index (Phi) is 4.70. The lowest BCUT2D eigenvalue weighted by Crippen LogP contribution is -2.42. The van der Waals surface area contributed by atoms with Gasteiger partial charge in [0.05, 0.1) is 0 Å². The van der Waals surface area contributed by atoms with Crippen LogP contribution >= 0.6 is 15.9 Å². The van der Waals surface area contributed by atoms with Crippen molar-refractivity contribution >= 4 is 15.9 Å². The number of benzene rings is 1. The van der Waals surface area contributed by atoms with Crippen LogP contribution in [-0.4, -0.2) is 24.5 Å². The number of likely N-dealkylation sites (tertiary alicyclic amines) is 1. The molecule has 0 aliphatic carbocycles. The molecule has 1 aliphatic heterocycles. The van der Waals surface area contributed by atoms with Crippen molar-refractivity contribution in [3.05, 3.63) is 33.8 Å². The van der Waals surface area contributed by atoms with Crippen LogP contribution in [0.25, 0.3) is 0 Å². The molecule has 0 radical (unpaired) electrons. The van der Waals surface area contributed by atoms with E-state index in [2.05, 4.69) is 59.8 Å². The first kappa shape index (κ1) is 15.0. The number of hydrogen-bond acceptors (Lipinski definition) is 2. The van der Waals surface area contributed by atoms with Gasteiger partial charge >= 0.3 is 0 Å². The highest BCUT2D eigenvalue weighted by atomic mass is 79.9. The third-order valence-electron chi connectivity index (χ3n) is 4.38. The van der Waals surface area contributed by atoms with Gasteiger partial charge in [0.25, 0.3) is 0 Å². The minimum atomic E-state index is 0.364. The Balaban J connectivity index is 2.14. The van der Waals surface area contributed by atoms with Crippen molar-refractivity contribution < 1.29 is 0 Å². The van der Waals surface area contributed by atoms with E-state index >= 15 is 0 Å². The highest BCUT2D eigenvalue weighted by Gasteiger charge is 2.29. The minimum absolute atomic E-state index is 0.364. The van der Waals surface area contributed by atoms with Crippen LogP contribution in [0.1, 0.15) is 43.9 Å². The van der Waals surface area contributed by atoms with Crippen molar-refractivity contribution in [2.45, 2.75) is 39.7 Å². The van der Waals surface area contributed by atoms with Crippen molar-refractivity contribution in [2.24, 2.45) is 11.1 Å². The van der Waals surface area contributed by atoms with Gasteiger partial charge in [-0.15, -0.1) is 0 Å². The Morgan fingerprint density at radius 3 is 2.47 bits per heavy atom. The fourth-order valence-corrected chi connectivity index (χ4v) is 3.06. The number of hydrogen-bond donors (Lipinski definition) is 1. The van der Waals surface area contributed by atoms with Crippen LogP contribution in [0.4, 0.5) is 0 Å². The predicted octanol–water partition coefficient (Wildman–Crippen LogP) is 3.88. The van der Waals surface area contributed by atoms with Gasteiger partial charge in [-0.2, -0.15) is 0 Å². The van der Waals surface area contributed by atoms with Gasteiger partial charge in [0.15, 0.2) is 0 Å². The molecule has 1 aromatic rings. The van der Waals surface area contributed by atoms with E-state index in [-0.39, 0.29) is 0 Å². The monoisotopic (exact) mass is 324 g/mol. The molecule has 0 amide bonds. The Morgan fingerprint density at radius 1 is 1.32 bits per heavy atom. The topological polar surface area (TPSA) is 29.3 Å². The molecule has 1 fully saturated rings. The highest BCUT2D eigenvalue weighted by molar-refractivity contribution is 9.10. The normalized spacial score (nSPS) is 21.3. The Labute approximate surface area is 125 Å². The molecule has 1 unspecified atom stereocenters. The average Bonchev–Trinajstić information content (AvgIpc) is 2.36. The van der Waals surface area contributed by atoms with Crippen LogP contribution in [0.5, 0.6) is 0 Å². The number of nitrogens with two attached hydrogens (primary N) is 1. The van der Waals surface area contributed by atoms with Crippen LogP contribution in [-0.2, 0) is 0 Å². The number of nitrogens with zero attached hydrogens (tertiary/aromatic N) is 1. The molecular formula is C16H25BrN2. The van der Waals surface area contributed by atoms with Gasteiger partial charge in [0.2, 0.25) is 0 Å². The lowest BCUT2D eigenvalue weighted by molar-refractivity contribution is 0.0964. The molecule has 1 aromatic carbocycles. The van der Waals surface area contributed by atoms with Crippen molar-refractivity contribution in [2.75, 3.05) is 19.6 Å². The lowest BCUT2D eigenvalue weighted by atomic mass is 9.82. The highest BCUT2D eigenvalue weighted by Crippen LogP contribution is 2.34. The molecule has 2 rings (SSSR count). The second kappa shape index (κ2) is 5.94. The summed E-state index contributed by atoms with van der Waals surface area (Å²) in [6.45, 7) is 9.88. The van der Waals surface area contributed by atoms with Crippen molar-refractivity contribution in [3.8, 4) is 0 Å². The number of piperidine rings is 1. The first-order valence-corrected chi connectivity index (χ1v) is 7.92. The molecule has 2 nitrogen and oxygen atoms in total. The van der Waals surface area contributed by atoms with E-state index in [1.807, 2.05) is 0 Å². The van der Waals surface area contributed by atoms with Gasteiger partial charge in [-0.05, 0) is 55.5 Å². The lowest BCUT2D eigenvalue weighted by Gasteiger charge is -2.41. The van der Waals surface area contributed by atoms with Gasteiger partial charge in [-0.3, -0.25) is 4.90 Å². The zero-order valence-corrected chi connectivity index (χ0v) is 13.8. The smallest absolute Gasteiger partial charge is 0.0470 e. The van der Waals surface area contributed by atoms with E-state index in [4.69, 9.17) is 5.73 Å². The molecule has 1 aliphatic rings. The van der Waals surface area contributed by atoms with Crippen LogP contribution in [0.15, 0.2) is 22.7 Å². The quantitative estimate of drug-likeness (QED) is 0.914. The van der Waals surface area contributed by atoms with Crippen molar-refractivity contribution in [1.82, 2.24) is 4.90 Å². The summed E-state index contributed by atoms with van der Waals surface area (Å²) in [6, 6.07) is 6.97. The predicted molar refractivity (Wildman–Crippen MR) is 85.3 cm³/mol. The minimum Gasteiger partial charge on any atom is -0.329 e. The fourth-order valence-electron chi connectivity index (χ4n) is 2.81. The first-order valence-electron chi connectivity index (χ1n) is 7.13. The molecule has 106 valence electrons. The largest absolute Gasteiger partial charge is 0.329 e. The Hall–Kier alpha value is -0.380. The average molecular weight is 325 g/mol. The molecule has 1 heterocycles. The van der Waals surface area contributed by atoms with E-state index in [1.54, 1.807) is 0 Å². The molecule has 19 heavy (non-hydrogen) atoms. The molecule has 1 saturated heterocycles. The van der Waals surface area contributed by atoms with Crippen LogP contribution < -0.4 is 5.73 Å². The van der Waals surface area contributed by atoms with E-state index in [1.165, 1.54) is 28.4 Å². The van der Waals surface area contributed by atoms with E-state index in [0.717, 1.165) is 13.1 Å². The number of aryl methyl sites for hydroxylation is 1. The number of rotatable bonds is 3. The third kappa shape index (κ3) is 3.59. The maximum atomic E-state index is 6.04. The first-order chi connectivity index (χ1) is 8.93. The van der Waals surface area contributed by atoms with Gasteiger partial charge in [0.1, 0.15) is 0 Å². The molecule has 1 atom stereocenters. The van der Waals surface area contributed by atoms with Crippen LogP contribution in [0.3, 0.4) is 0 Å². The summed E-state index contributed by atoms with van der Waals surface area (Å²) in [6.07, 6.45) is 2.53. The molecule has 0 aromatic heterocycles. The summed E-state index contributed by atoms with van der Waals surface area (Å²) < 4.78 is 1.17. The molecule has 2 N–H and O–H groups in total. The SMILES string of the molecule is Cc1cc(C(CN)N2CCC(C)(C)CC2)ccc1Br. The maximum Gasteiger partial charge on any atom is 0.0470 e. The van der Waals surface area contributed by atoms with Gasteiger partial charge < -0.3 is 5.73 Å². The fraction of sp³-hybridized carbons (Fsp3) is 0.625. The van der Waals surface area contributed by atoms with E-state index in [0.29, 0.717) is 18.0 Å². The van der Waals surface area contributed by atoms with Crippen molar-refractivity contribution in [1.29, 1.82) is 0 Å². The summed E-state index contributed by atoms with van der Waals surface area (Å²) in [4.78, 5) is 2.55. The molecule has 0 bridgehead atoms. The molecule has 0 saturated carbocycles. The third-order valence-corrected chi connectivity index (χ3v) is 5.27. The standard InChI is InChI=1S/C16H25BrN2/c1-12-10-13(4-5-14(12)17)15(11-18)19-8-6-16(2,3)7-9-19/h4-5,10,15H,6-9,11,18H2,1-3H3. The molecular weight excluding hydrogens is 300 g/mol. The second-order valence-corrected chi connectivity index (χ2v) is 7.31. The van der Waals surface area contributed by atoms with Gasteiger partial charge in [-0.1, -0.05) is 41.9 Å². The second-order valence-electron chi connectivity index (χ2n) is 6.46. The molecule has 0 spiro atoms. The van der Waals surface area contributed by atoms with Gasteiger partial charge in [-0.25, -0.2) is 0 Å². The summed E-state index contributed by atoms with van der Waals surface area (Å²) in [5.74, 6) is 0. The van der Waals surface area contributed by atoms with E-state index < -0.39 is 0 Å². The Morgan fingerprint density at radius 2 is 1.95 bits per heavy atom. The zero-order valence-electron chi connectivity index (χ0n) is 12.2. The number of halogens is 1. The van der Waals surface area contributed by atoms with Crippen LogP contribution in [0.2, 0.25) is 0 Å². The molecule has 3 heteroatoms. The summed E-state index contributed by atoms with van der Waals surface area (Å²) in [5, 5.41) is 0. The zero-order chi connectivity index (χ0) is 14.0. The van der Waals surface area contributed by atoms with E-state index in [9.17, 15) is 0 Å². The summed E-state index contributed by atoms with van der Waals surface area (Å²) in [7, 11) is 0.